The summed E-state index contributed by atoms with van der Waals surface area (Å²) >= 11 is 0. The Morgan fingerprint density at radius 1 is 1.14 bits per heavy atom. The van der Waals surface area contributed by atoms with Gasteiger partial charge in [0.25, 0.3) is 0 Å². The van der Waals surface area contributed by atoms with Crippen LogP contribution in [0.2, 0.25) is 0 Å². The molecule has 0 spiro atoms. The number of fused-ring (bicyclic) bond motifs is 1. The lowest BCUT2D eigenvalue weighted by Crippen LogP contribution is -2.32. The van der Waals surface area contributed by atoms with Gasteiger partial charge in [0, 0.05) is 25.2 Å². The first-order chi connectivity index (χ1) is 13.6. The maximum Gasteiger partial charge on any atom is 0.573 e. The highest BCUT2D eigenvalue weighted by atomic mass is 19.4. The Kier molecular flexibility index (Phi) is 6.19. The molecular formula is C21H27F3N4O. The van der Waals surface area contributed by atoms with E-state index in [0.717, 1.165) is 42.0 Å². The second kappa shape index (κ2) is 8.47. The number of nitrogens with one attached hydrogen (secondary N) is 1. The Morgan fingerprint density at radius 2 is 1.90 bits per heavy atom. The SMILES string of the molecule is CC[C@H](C)Nc1nc(C(C)C)cc(N2CCc3ccc(OC(F)(F)F)cc3C2)n1. The van der Waals surface area contributed by atoms with Crippen molar-refractivity contribution in [3.05, 3.63) is 41.1 Å². The number of anilines is 2. The molecule has 3 rings (SSSR count). The van der Waals surface area contributed by atoms with Crippen molar-refractivity contribution in [1.82, 2.24) is 9.97 Å². The predicted molar refractivity (Wildman–Crippen MR) is 107 cm³/mol. The summed E-state index contributed by atoms with van der Waals surface area (Å²) in [6.45, 7) is 9.53. The van der Waals surface area contributed by atoms with E-state index in [4.69, 9.17) is 0 Å². The largest absolute Gasteiger partial charge is 0.573 e. The van der Waals surface area contributed by atoms with Gasteiger partial charge in [-0.05, 0) is 48.9 Å². The van der Waals surface area contributed by atoms with Crippen LogP contribution in [-0.2, 0) is 13.0 Å². The summed E-state index contributed by atoms with van der Waals surface area (Å²) in [7, 11) is 0. The number of hydrogen-bond acceptors (Lipinski definition) is 5. The Balaban J connectivity index is 1.87. The number of nitrogens with zero attached hydrogens (tertiary/aromatic N) is 3. The molecule has 0 saturated heterocycles. The van der Waals surface area contributed by atoms with Crippen LogP contribution >= 0.6 is 0 Å². The Bertz CT molecular complexity index is 854. The summed E-state index contributed by atoms with van der Waals surface area (Å²) in [4.78, 5) is 11.4. The number of rotatable bonds is 6. The molecule has 0 bridgehead atoms. The van der Waals surface area contributed by atoms with E-state index in [-0.39, 0.29) is 17.7 Å². The molecule has 29 heavy (non-hydrogen) atoms. The molecule has 0 unspecified atom stereocenters. The van der Waals surface area contributed by atoms with Crippen LogP contribution in [0.4, 0.5) is 24.9 Å². The molecule has 2 heterocycles. The molecule has 1 atom stereocenters. The van der Waals surface area contributed by atoms with Gasteiger partial charge >= 0.3 is 6.36 Å². The van der Waals surface area contributed by atoms with Crippen LogP contribution in [0.15, 0.2) is 24.3 Å². The van der Waals surface area contributed by atoms with E-state index in [2.05, 4.69) is 52.6 Å². The van der Waals surface area contributed by atoms with Crippen molar-refractivity contribution in [2.75, 3.05) is 16.8 Å². The number of aromatic nitrogens is 2. The van der Waals surface area contributed by atoms with Crippen molar-refractivity contribution in [3.8, 4) is 5.75 Å². The fourth-order valence-electron chi connectivity index (χ4n) is 3.22. The standard InChI is InChI=1S/C21H27F3N4O/c1-5-14(4)25-20-26-18(13(2)3)11-19(27-20)28-9-8-15-6-7-17(10-16(15)12-28)29-21(22,23)24/h6-7,10-11,13-14H,5,8-9,12H2,1-4H3,(H,25,26,27)/t14-/m0/s1. The fraction of sp³-hybridized carbons (Fsp3) is 0.524. The van der Waals surface area contributed by atoms with Crippen molar-refractivity contribution >= 4 is 11.8 Å². The molecule has 1 aromatic carbocycles. The lowest BCUT2D eigenvalue weighted by Gasteiger charge is -2.31. The van der Waals surface area contributed by atoms with Crippen molar-refractivity contribution in [2.24, 2.45) is 0 Å². The van der Waals surface area contributed by atoms with Crippen LogP contribution in [0, 0.1) is 0 Å². The molecule has 1 aliphatic rings. The molecule has 0 fully saturated rings. The van der Waals surface area contributed by atoms with Crippen molar-refractivity contribution in [2.45, 2.75) is 65.4 Å². The molecule has 0 aliphatic carbocycles. The summed E-state index contributed by atoms with van der Waals surface area (Å²) in [5.41, 5.74) is 2.78. The van der Waals surface area contributed by atoms with Crippen LogP contribution in [-0.4, -0.2) is 28.9 Å². The summed E-state index contributed by atoms with van der Waals surface area (Å²) in [5.74, 6) is 1.41. The van der Waals surface area contributed by atoms with Gasteiger partial charge < -0.3 is 15.0 Å². The minimum atomic E-state index is -4.70. The van der Waals surface area contributed by atoms with Gasteiger partial charge in [0.1, 0.15) is 11.6 Å². The monoisotopic (exact) mass is 408 g/mol. The molecule has 2 aromatic rings. The zero-order valence-electron chi connectivity index (χ0n) is 17.2. The molecule has 8 heteroatoms. The minimum Gasteiger partial charge on any atom is -0.406 e. The van der Waals surface area contributed by atoms with E-state index in [1.54, 1.807) is 6.07 Å². The van der Waals surface area contributed by atoms with Gasteiger partial charge in [0.15, 0.2) is 0 Å². The van der Waals surface area contributed by atoms with Gasteiger partial charge in [-0.25, -0.2) is 4.98 Å². The topological polar surface area (TPSA) is 50.3 Å². The third-order valence-electron chi connectivity index (χ3n) is 5.06. The molecule has 1 aromatic heterocycles. The number of ether oxygens (including phenoxy) is 1. The zero-order valence-corrected chi connectivity index (χ0v) is 17.2. The number of benzene rings is 1. The quantitative estimate of drug-likeness (QED) is 0.706. The maximum atomic E-state index is 12.6. The molecule has 1 aliphatic heterocycles. The Morgan fingerprint density at radius 3 is 2.55 bits per heavy atom. The molecular weight excluding hydrogens is 381 g/mol. The molecule has 1 N–H and O–H groups in total. The van der Waals surface area contributed by atoms with Crippen LogP contribution in [0.3, 0.4) is 0 Å². The first kappa shape index (κ1) is 21.2. The van der Waals surface area contributed by atoms with Crippen LogP contribution < -0.4 is 15.0 Å². The smallest absolute Gasteiger partial charge is 0.406 e. The molecule has 0 radical (unpaired) electrons. The van der Waals surface area contributed by atoms with Crippen molar-refractivity contribution in [1.29, 1.82) is 0 Å². The first-order valence-electron chi connectivity index (χ1n) is 9.92. The molecule has 0 amide bonds. The first-order valence-corrected chi connectivity index (χ1v) is 9.92. The van der Waals surface area contributed by atoms with E-state index in [0.29, 0.717) is 12.5 Å². The zero-order chi connectivity index (χ0) is 21.2. The fourth-order valence-corrected chi connectivity index (χ4v) is 3.22. The van der Waals surface area contributed by atoms with E-state index < -0.39 is 6.36 Å². The Hall–Kier alpha value is -2.51. The van der Waals surface area contributed by atoms with E-state index in [1.807, 2.05) is 6.07 Å². The van der Waals surface area contributed by atoms with Crippen LogP contribution in [0.5, 0.6) is 5.75 Å². The van der Waals surface area contributed by atoms with E-state index in [9.17, 15) is 13.2 Å². The van der Waals surface area contributed by atoms with Crippen molar-refractivity contribution in [3.63, 3.8) is 0 Å². The summed E-state index contributed by atoms with van der Waals surface area (Å²) < 4.78 is 41.7. The number of alkyl halides is 3. The second-order valence-electron chi connectivity index (χ2n) is 7.73. The van der Waals surface area contributed by atoms with Gasteiger partial charge in [-0.2, -0.15) is 4.98 Å². The highest BCUT2D eigenvalue weighted by Crippen LogP contribution is 2.30. The minimum absolute atomic E-state index is 0.192. The number of halogens is 3. The average molecular weight is 408 g/mol. The third-order valence-corrected chi connectivity index (χ3v) is 5.06. The number of hydrogen-bond donors (Lipinski definition) is 1. The molecule has 0 saturated carbocycles. The summed E-state index contributed by atoms with van der Waals surface area (Å²) in [5, 5.41) is 3.33. The van der Waals surface area contributed by atoms with Gasteiger partial charge in [-0.3, -0.25) is 0 Å². The third kappa shape index (κ3) is 5.52. The predicted octanol–water partition coefficient (Wildman–Crippen LogP) is 5.27. The lowest BCUT2D eigenvalue weighted by molar-refractivity contribution is -0.274. The van der Waals surface area contributed by atoms with Gasteiger partial charge in [-0.1, -0.05) is 26.8 Å². The lowest BCUT2D eigenvalue weighted by atomic mass is 9.99. The van der Waals surface area contributed by atoms with Gasteiger partial charge in [0.05, 0.1) is 5.69 Å². The second-order valence-corrected chi connectivity index (χ2v) is 7.73. The van der Waals surface area contributed by atoms with E-state index in [1.165, 1.54) is 12.1 Å². The average Bonchev–Trinajstić information content (AvgIpc) is 2.65. The van der Waals surface area contributed by atoms with Gasteiger partial charge in [-0.15, -0.1) is 13.2 Å². The van der Waals surface area contributed by atoms with E-state index >= 15 is 0 Å². The molecule has 5 nitrogen and oxygen atoms in total. The van der Waals surface area contributed by atoms with Gasteiger partial charge in [0.2, 0.25) is 5.95 Å². The Labute approximate surface area is 169 Å². The van der Waals surface area contributed by atoms with Crippen LogP contribution in [0.25, 0.3) is 0 Å². The normalized spacial score (nSPS) is 15.2. The van der Waals surface area contributed by atoms with Crippen molar-refractivity contribution < 1.29 is 17.9 Å². The summed E-state index contributed by atoms with van der Waals surface area (Å²) in [6, 6.07) is 6.76. The summed E-state index contributed by atoms with van der Waals surface area (Å²) in [6.07, 6.45) is -3.02. The maximum absolute atomic E-state index is 12.6. The highest BCUT2D eigenvalue weighted by molar-refractivity contribution is 5.50. The highest BCUT2D eigenvalue weighted by Gasteiger charge is 2.31. The van der Waals surface area contributed by atoms with Crippen LogP contribution in [0.1, 0.15) is 56.9 Å². The molecule has 158 valence electrons.